The van der Waals surface area contributed by atoms with Crippen LogP contribution in [0, 0.1) is 55.4 Å². The maximum Gasteiger partial charge on any atom is 0.0540 e. The summed E-state index contributed by atoms with van der Waals surface area (Å²) in [4.78, 5) is 4.91. The highest BCUT2D eigenvalue weighted by Crippen LogP contribution is 2.51. The van der Waals surface area contributed by atoms with Crippen LogP contribution in [0.1, 0.15) is 111 Å². The van der Waals surface area contributed by atoms with Crippen LogP contribution in [-0.4, -0.2) is 0 Å². The van der Waals surface area contributed by atoms with Crippen molar-refractivity contribution in [2.75, 3.05) is 9.80 Å². The third kappa shape index (κ3) is 16.3. The molecule has 0 spiro atoms. The predicted molar refractivity (Wildman–Crippen MR) is 534 cm³/mol. The van der Waals surface area contributed by atoms with E-state index in [0.29, 0.717) is 0 Å². The molecule has 0 N–H and O–H groups in total. The second-order valence-corrected chi connectivity index (χ2v) is 33.4. The molecule has 0 heterocycles. The van der Waals surface area contributed by atoms with E-state index in [1.54, 1.807) is 0 Å². The average molecular weight is 1590 g/mol. The van der Waals surface area contributed by atoms with E-state index in [1.165, 1.54) is 155 Å². The highest BCUT2D eigenvalue weighted by molar-refractivity contribution is 6.26. The van der Waals surface area contributed by atoms with Gasteiger partial charge in [-0.3, -0.25) is 0 Å². The monoisotopic (exact) mass is 1590 g/mol. The molecule has 0 aliphatic rings. The molecule has 19 aromatic carbocycles. The first-order valence-corrected chi connectivity index (χ1v) is 43.1. The van der Waals surface area contributed by atoms with Gasteiger partial charge in [-0.05, 0) is 284 Å². The number of hydrogen-bond acceptors (Lipinski definition) is 2. The highest BCUT2D eigenvalue weighted by atomic mass is 15.1. The number of rotatable bonds is 20. The fourth-order valence-electron chi connectivity index (χ4n) is 17.7. The van der Waals surface area contributed by atoms with Crippen molar-refractivity contribution in [1.29, 1.82) is 0 Å². The van der Waals surface area contributed by atoms with Gasteiger partial charge in [-0.15, -0.1) is 0 Å². The molecule has 0 aliphatic heterocycles. The van der Waals surface area contributed by atoms with Crippen LogP contribution in [0.15, 0.2) is 413 Å². The number of anilines is 6. The van der Waals surface area contributed by atoms with E-state index in [-0.39, 0.29) is 0 Å². The SMILES string of the molecule is Cc1ccc(C(=Cc2ccc(N(c3ccc(C=C(c4ccc(C)cc4)c4ccc(C)cc4)cc3)c3ccc(-c4c5ccccc5c(-c5ccc(N(c6ccc(C=C(c7ccc(C)cc7)c7ccc(C)cc7)cc6)c6ccc(C=C(c7ccc(C)cc7)c7ccc(C)cc7)cc6)c6ccccc56)c5ccccc45)c4ccccc34)cc2)c2ccc(C)cc2)cc1. The Hall–Kier alpha value is -15.2. The van der Waals surface area contributed by atoms with Crippen molar-refractivity contribution in [2.45, 2.75) is 55.4 Å². The van der Waals surface area contributed by atoms with Gasteiger partial charge in [-0.2, -0.15) is 0 Å². The van der Waals surface area contributed by atoms with Gasteiger partial charge in [0.25, 0.3) is 0 Å². The molecule has 0 fully saturated rings. The van der Waals surface area contributed by atoms with Gasteiger partial charge >= 0.3 is 0 Å². The summed E-state index contributed by atoms with van der Waals surface area (Å²) in [6, 6.07) is 154. The van der Waals surface area contributed by atoms with Gasteiger partial charge in [0.15, 0.2) is 0 Å². The predicted octanol–water partition coefficient (Wildman–Crippen LogP) is 33.4. The van der Waals surface area contributed by atoms with Crippen LogP contribution < -0.4 is 9.80 Å². The maximum absolute atomic E-state index is 2.45. The zero-order valence-electron chi connectivity index (χ0n) is 71.5. The van der Waals surface area contributed by atoms with Crippen molar-refractivity contribution >= 4 is 124 Å². The van der Waals surface area contributed by atoms with Crippen LogP contribution in [0.25, 0.3) is 112 Å². The molecule has 0 aromatic heterocycles. The molecule has 0 atom stereocenters. The topological polar surface area (TPSA) is 6.48 Å². The third-order valence-electron chi connectivity index (χ3n) is 24.5. The molecule has 0 saturated heterocycles. The lowest BCUT2D eigenvalue weighted by atomic mass is 9.83. The van der Waals surface area contributed by atoms with Crippen molar-refractivity contribution in [3.05, 3.63) is 524 Å². The Morgan fingerprint density at radius 3 is 0.516 bits per heavy atom. The Labute approximate surface area is 730 Å². The van der Waals surface area contributed by atoms with Crippen LogP contribution in [0.5, 0.6) is 0 Å². The van der Waals surface area contributed by atoms with Gasteiger partial charge in [0.05, 0.1) is 11.4 Å². The lowest BCUT2D eigenvalue weighted by Gasteiger charge is -2.28. The fourth-order valence-corrected chi connectivity index (χ4v) is 17.7. The lowest BCUT2D eigenvalue weighted by molar-refractivity contribution is 1.29. The first-order chi connectivity index (χ1) is 60.7. The van der Waals surface area contributed by atoms with E-state index in [1.807, 2.05) is 0 Å². The van der Waals surface area contributed by atoms with E-state index >= 15 is 0 Å². The van der Waals surface area contributed by atoms with Crippen LogP contribution >= 0.6 is 0 Å². The van der Waals surface area contributed by atoms with Gasteiger partial charge in [0.2, 0.25) is 0 Å². The molecule has 0 amide bonds. The zero-order chi connectivity index (χ0) is 84.3. The average Bonchev–Trinajstić information content (AvgIpc) is 0.715. The minimum absolute atomic E-state index is 1.05. The van der Waals surface area contributed by atoms with E-state index in [0.717, 1.165) is 77.9 Å². The first kappa shape index (κ1) is 78.6. The molecule has 0 saturated carbocycles. The zero-order valence-corrected chi connectivity index (χ0v) is 71.5. The number of benzene rings is 19. The second-order valence-electron chi connectivity index (χ2n) is 33.4. The highest BCUT2D eigenvalue weighted by Gasteiger charge is 2.26. The molecule has 124 heavy (non-hydrogen) atoms. The molecule has 2 heteroatoms. The molecule has 19 rings (SSSR count). The molecular formula is C122H96N2. The summed E-state index contributed by atoms with van der Waals surface area (Å²) in [6.45, 7) is 17.2. The fraction of sp³-hybridized carbons (Fsp3) is 0.0656. The molecule has 0 aliphatic carbocycles. The Morgan fingerprint density at radius 1 is 0.161 bits per heavy atom. The Balaban J connectivity index is 0.745. The van der Waals surface area contributed by atoms with Crippen molar-refractivity contribution < 1.29 is 0 Å². The maximum atomic E-state index is 2.45. The quantitative estimate of drug-likeness (QED) is 0.0554. The van der Waals surface area contributed by atoms with Crippen molar-refractivity contribution in [2.24, 2.45) is 0 Å². The van der Waals surface area contributed by atoms with E-state index in [4.69, 9.17) is 0 Å². The summed E-state index contributed by atoms with van der Waals surface area (Å²) in [7, 11) is 0. The van der Waals surface area contributed by atoms with Crippen LogP contribution in [-0.2, 0) is 0 Å². The third-order valence-corrected chi connectivity index (χ3v) is 24.5. The first-order valence-electron chi connectivity index (χ1n) is 43.1. The van der Waals surface area contributed by atoms with E-state index in [9.17, 15) is 0 Å². The van der Waals surface area contributed by atoms with E-state index < -0.39 is 0 Å². The van der Waals surface area contributed by atoms with Crippen LogP contribution in [0.2, 0.25) is 0 Å². The number of fused-ring (bicyclic) bond motifs is 4. The van der Waals surface area contributed by atoms with Crippen LogP contribution in [0.3, 0.4) is 0 Å². The second kappa shape index (κ2) is 34.5. The summed E-state index contributed by atoms with van der Waals surface area (Å²) in [5, 5.41) is 9.33. The molecule has 0 unspecified atom stereocenters. The Morgan fingerprint density at radius 2 is 0.331 bits per heavy atom. The van der Waals surface area contributed by atoms with Gasteiger partial charge in [0.1, 0.15) is 0 Å². The van der Waals surface area contributed by atoms with Gasteiger partial charge in [0, 0.05) is 33.5 Å². The minimum Gasteiger partial charge on any atom is -0.310 e. The molecule has 19 aromatic rings. The van der Waals surface area contributed by atoms with Crippen LogP contribution in [0.4, 0.5) is 34.1 Å². The molecule has 0 radical (unpaired) electrons. The standard InChI is InChI=1S/C122H96N2/c1-81-25-49-93(50-26-81)115(94-51-27-82(2)28-52-94)77-89-41-65-101(66-42-89)123(102-67-43-90(44-68-102)78-116(95-53-29-83(3)30-54-95)96-55-31-84(4)32-56-96)119-75-73-113(105-17-9-11-19-107(105)119)121-109-21-13-15-23-111(109)122(112-24-16-14-22-110(112)121)114-74-76-120(108-20-12-10-18-106(108)114)124(103-69-45-91(46-70-103)79-117(97-57-33-85(5)34-58-97)98-59-35-86(6)36-60-98)104-71-47-92(48-72-104)80-118(99-61-37-87(7)38-62-99)100-63-39-88(8)40-64-100/h9-80H,1-8H3. The van der Waals surface area contributed by atoms with Crippen molar-refractivity contribution in [1.82, 2.24) is 0 Å². The molecular weight excluding hydrogens is 1490 g/mol. The lowest BCUT2D eigenvalue weighted by Crippen LogP contribution is -2.11. The molecule has 2 nitrogen and oxygen atoms in total. The molecule has 0 bridgehead atoms. The van der Waals surface area contributed by atoms with Crippen molar-refractivity contribution in [3.8, 4) is 22.3 Å². The van der Waals surface area contributed by atoms with Crippen molar-refractivity contribution in [3.63, 3.8) is 0 Å². The summed E-state index contributed by atoms with van der Waals surface area (Å²) in [6.07, 6.45) is 9.35. The normalized spacial score (nSPS) is 11.2. The number of nitrogens with zero attached hydrogens (tertiary/aromatic N) is 2. The van der Waals surface area contributed by atoms with E-state index in [2.05, 4.69) is 502 Å². The summed E-state index contributed by atoms with van der Waals surface area (Å²) < 4.78 is 0. The Bertz CT molecular complexity index is 6290. The van der Waals surface area contributed by atoms with Gasteiger partial charge in [-0.1, -0.05) is 396 Å². The smallest absolute Gasteiger partial charge is 0.0540 e. The number of aryl methyl sites for hydroxylation is 8. The summed E-state index contributed by atoms with van der Waals surface area (Å²) >= 11 is 0. The number of hydrogen-bond donors (Lipinski definition) is 0. The largest absolute Gasteiger partial charge is 0.310 e. The van der Waals surface area contributed by atoms with Gasteiger partial charge in [-0.25, -0.2) is 0 Å². The minimum atomic E-state index is 1.05. The summed E-state index contributed by atoms with van der Waals surface area (Å²) in [5.41, 5.74) is 39.6. The Kier molecular flexibility index (Phi) is 21.9. The summed E-state index contributed by atoms with van der Waals surface area (Å²) in [5.74, 6) is 0. The molecule has 594 valence electrons. The van der Waals surface area contributed by atoms with Gasteiger partial charge < -0.3 is 9.80 Å².